The van der Waals surface area contributed by atoms with Gasteiger partial charge in [0, 0.05) is 12.4 Å². The fraction of sp³-hybridized carbons (Fsp3) is 0.0909. The molecule has 0 aliphatic carbocycles. The van der Waals surface area contributed by atoms with Crippen LogP contribution in [0.3, 0.4) is 0 Å². The zero-order chi connectivity index (χ0) is 10.1. The summed E-state index contributed by atoms with van der Waals surface area (Å²) < 4.78 is 1.91. The van der Waals surface area contributed by atoms with Crippen molar-refractivity contribution in [2.24, 2.45) is 0 Å². The molecule has 2 aromatic rings. The lowest BCUT2D eigenvalue weighted by Crippen LogP contribution is -1.93. The van der Waals surface area contributed by atoms with E-state index in [9.17, 15) is 0 Å². The minimum atomic E-state index is 0.664. The van der Waals surface area contributed by atoms with E-state index in [1.807, 2.05) is 48.1 Å². The predicted octanol–water partition coefficient (Wildman–Crippen LogP) is 4.09. The molecule has 0 spiro atoms. The highest BCUT2D eigenvalue weighted by Gasteiger charge is 2.08. The SMILES string of the molecule is Cc1ccc(Cl)c(-n2cccc2)c1Cl. The van der Waals surface area contributed by atoms with Crippen molar-refractivity contribution >= 4 is 23.2 Å². The van der Waals surface area contributed by atoms with Gasteiger partial charge in [0.25, 0.3) is 0 Å². The van der Waals surface area contributed by atoms with E-state index in [0.717, 1.165) is 11.3 Å². The van der Waals surface area contributed by atoms with Crippen LogP contribution in [0.4, 0.5) is 0 Å². The Bertz CT molecular complexity index is 447. The van der Waals surface area contributed by atoms with Crippen LogP contribution >= 0.6 is 23.2 Å². The van der Waals surface area contributed by atoms with Gasteiger partial charge in [-0.15, -0.1) is 0 Å². The molecule has 0 amide bonds. The van der Waals surface area contributed by atoms with Crippen molar-refractivity contribution < 1.29 is 0 Å². The first-order valence-electron chi connectivity index (χ1n) is 4.28. The summed E-state index contributed by atoms with van der Waals surface area (Å²) in [4.78, 5) is 0. The fourth-order valence-electron chi connectivity index (χ4n) is 1.36. The van der Waals surface area contributed by atoms with Crippen LogP contribution in [0.25, 0.3) is 5.69 Å². The van der Waals surface area contributed by atoms with Gasteiger partial charge < -0.3 is 4.57 Å². The third kappa shape index (κ3) is 1.54. The smallest absolute Gasteiger partial charge is 0.0828 e. The van der Waals surface area contributed by atoms with Gasteiger partial charge in [-0.3, -0.25) is 0 Å². The third-order valence-corrected chi connectivity index (χ3v) is 2.90. The fourth-order valence-corrected chi connectivity index (χ4v) is 1.93. The number of rotatable bonds is 1. The van der Waals surface area contributed by atoms with Crippen molar-refractivity contribution in [1.82, 2.24) is 4.57 Å². The highest BCUT2D eigenvalue weighted by Crippen LogP contribution is 2.31. The van der Waals surface area contributed by atoms with Crippen LogP contribution < -0.4 is 0 Å². The van der Waals surface area contributed by atoms with Crippen molar-refractivity contribution in [3.05, 3.63) is 52.3 Å². The van der Waals surface area contributed by atoms with E-state index >= 15 is 0 Å². The van der Waals surface area contributed by atoms with E-state index in [4.69, 9.17) is 23.2 Å². The molecule has 1 heterocycles. The number of benzene rings is 1. The number of aryl methyl sites for hydroxylation is 1. The number of nitrogens with zero attached hydrogens (tertiary/aromatic N) is 1. The maximum absolute atomic E-state index is 6.18. The van der Waals surface area contributed by atoms with Crippen molar-refractivity contribution in [3.63, 3.8) is 0 Å². The van der Waals surface area contributed by atoms with E-state index in [1.165, 1.54) is 0 Å². The Balaban J connectivity index is 2.69. The van der Waals surface area contributed by atoms with E-state index in [2.05, 4.69) is 0 Å². The van der Waals surface area contributed by atoms with Crippen LogP contribution in [0.1, 0.15) is 5.56 Å². The van der Waals surface area contributed by atoms with Crippen molar-refractivity contribution in [3.8, 4) is 5.69 Å². The van der Waals surface area contributed by atoms with Gasteiger partial charge in [-0.1, -0.05) is 29.3 Å². The first-order valence-corrected chi connectivity index (χ1v) is 5.03. The molecule has 1 nitrogen and oxygen atoms in total. The molecule has 0 saturated carbocycles. The topological polar surface area (TPSA) is 4.93 Å². The average molecular weight is 226 g/mol. The number of hydrogen-bond acceptors (Lipinski definition) is 0. The Labute approximate surface area is 92.9 Å². The van der Waals surface area contributed by atoms with E-state index < -0.39 is 0 Å². The second-order valence-electron chi connectivity index (χ2n) is 3.12. The molecule has 0 aliphatic rings. The van der Waals surface area contributed by atoms with Gasteiger partial charge in [0.15, 0.2) is 0 Å². The first-order chi connectivity index (χ1) is 6.70. The lowest BCUT2D eigenvalue weighted by atomic mass is 10.2. The molecule has 0 fully saturated rings. The largest absolute Gasteiger partial charge is 0.321 e. The summed E-state index contributed by atoms with van der Waals surface area (Å²) in [5, 5.41) is 1.37. The summed E-state index contributed by atoms with van der Waals surface area (Å²) in [7, 11) is 0. The van der Waals surface area contributed by atoms with Crippen molar-refractivity contribution in [2.75, 3.05) is 0 Å². The Hall–Kier alpha value is -0.920. The summed E-state index contributed by atoms with van der Waals surface area (Å²) >= 11 is 12.3. The molecule has 0 aliphatic heterocycles. The lowest BCUT2D eigenvalue weighted by Gasteiger charge is -2.10. The van der Waals surface area contributed by atoms with Gasteiger partial charge in [0.2, 0.25) is 0 Å². The standard InChI is InChI=1S/C11H9Cl2N/c1-8-4-5-9(12)11(10(8)13)14-6-2-3-7-14/h2-7H,1H3. The average Bonchev–Trinajstić information content (AvgIpc) is 2.65. The van der Waals surface area contributed by atoms with Gasteiger partial charge in [-0.2, -0.15) is 0 Å². The molecule has 2 rings (SSSR count). The summed E-state index contributed by atoms with van der Waals surface area (Å²) in [5.74, 6) is 0. The summed E-state index contributed by atoms with van der Waals surface area (Å²) in [6.07, 6.45) is 3.85. The minimum Gasteiger partial charge on any atom is -0.321 e. The molecule has 0 radical (unpaired) electrons. The first kappa shape index (κ1) is 9.63. The zero-order valence-electron chi connectivity index (χ0n) is 7.67. The molecule has 0 bridgehead atoms. The number of hydrogen-bond donors (Lipinski definition) is 0. The quantitative estimate of drug-likeness (QED) is 0.690. The predicted molar refractivity (Wildman–Crippen MR) is 60.5 cm³/mol. The second kappa shape index (κ2) is 3.68. The molecule has 0 atom stereocenters. The Morgan fingerprint density at radius 2 is 1.71 bits per heavy atom. The van der Waals surface area contributed by atoms with E-state index in [-0.39, 0.29) is 0 Å². The monoisotopic (exact) mass is 225 g/mol. The summed E-state index contributed by atoms with van der Waals surface area (Å²) in [6, 6.07) is 7.65. The van der Waals surface area contributed by atoms with Crippen molar-refractivity contribution in [2.45, 2.75) is 6.92 Å². The molecule has 1 aromatic carbocycles. The van der Waals surface area contributed by atoms with Crippen LogP contribution in [0, 0.1) is 6.92 Å². The van der Waals surface area contributed by atoms with Gasteiger partial charge in [-0.05, 0) is 30.7 Å². The van der Waals surface area contributed by atoms with Crippen LogP contribution in [0.2, 0.25) is 10.0 Å². The van der Waals surface area contributed by atoms with Crippen LogP contribution in [-0.4, -0.2) is 4.57 Å². The highest BCUT2D eigenvalue weighted by atomic mass is 35.5. The van der Waals surface area contributed by atoms with Crippen LogP contribution in [-0.2, 0) is 0 Å². The molecular weight excluding hydrogens is 217 g/mol. The maximum Gasteiger partial charge on any atom is 0.0828 e. The second-order valence-corrected chi connectivity index (χ2v) is 3.90. The maximum atomic E-state index is 6.18. The van der Waals surface area contributed by atoms with Crippen LogP contribution in [0.15, 0.2) is 36.7 Å². The Morgan fingerprint density at radius 3 is 2.36 bits per heavy atom. The number of halogens is 2. The van der Waals surface area contributed by atoms with Crippen molar-refractivity contribution in [1.29, 1.82) is 0 Å². The highest BCUT2D eigenvalue weighted by molar-refractivity contribution is 6.38. The minimum absolute atomic E-state index is 0.664. The number of aromatic nitrogens is 1. The van der Waals surface area contributed by atoms with Gasteiger partial charge in [0.05, 0.1) is 15.7 Å². The Kier molecular flexibility index (Phi) is 2.53. The van der Waals surface area contributed by atoms with E-state index in [0.29, 0.717) is 10.0 Å². The summed E-state index contributed by atoms with van der Waals surface area (Å²) in [5.41, 5.74) is 1.87. The van der Waals surface area contributed by atoms with Gasteiger partial charge >= 0.3 is 0 Å². The molecule has 72 valence electrons. The van der Waals surface area contributed by atoms with E-state index in [1.54, 1.807) is 0 Å². The molecule has 1 aromatic heterocycles. The molecule has 14 heavy (non-hydrogen) atoms. The summed E-state index contributed by atoms with van der Waals surface area (Å²) in [6.45, 7) is 1.96. The molecule has 0 saturated heterocycles. The van der Waals surface area contributed by atoms with Gasteiger partial charge in [0.1, 0.15) is 0 Å². The third-order valence-electron chi connectivity index (χ3n) is 2.12. The zero-order valence-corrected chi connectivity index (χ0v) is 9.18. The normalized spacial score (nSPS) is 10.5. The lowest BCUT2D eigenvalue weighted by molar-refractivity contribution is 1.08. The van der Waals surface area contributed by atoms with Crippen LogP contribution in [0.5, 0.6) is 0 Å². The Morgan fingerprint density at radius 1 is 1.07 bits per heavy atom. The molecule has 0 N–H and O–H groups in total. The molecule has 0 unspecified atom stereocenters. The molecule has 3 heteroatoms. The van der Waals surface area contributed by atoms with Gasteiger partial charge in [-0.25, -0.2) is 0 Å². The molecular formula is C11H9Cl2N.